The van der Waals surface area contributed by atoms with Crippen molar-refractivity contribution in [2.75, 3.05) is 7.05 Å². The third-order valence-electron chi connectivity index (χ3n) is 5.25. The first-order valence-corrected chi connectivity index (χ1v) is 8.32. The highest BCUT2D eigenvalue weighted by atomic mass is 15.2. The number of rotatable bonds is 5. The van der Waals surface area contributed by atoms with Crippen LogP contribution in [0, 0.1) is 5.41 Å². The summed E-state index contributed by atoms with van der Waals surface area (Å²) in [5.74, 6) is 0. The highest BCUT2D eigenvalue weighted by Crippen LogP contribution is 2.39. The van der Waals surface area contributed by atoms with Crippen LogP contribution in [0.3, 0.4) is 0 Å². The van der Waals surface area contributed by atoms with E-state index in [1.165, 1.54) is 31.2 Å². The van der Waals surface area contributed by atoms with Crippen LogP contribution in [0.15, 0.2) is 24.5 Å². The zero-order valence-corrected chi connectivity index (χ0v) is 14.0. The lowest BCUT2D eigenvalue weighted by molar-refractivity contribution is 0.0825. The molecule has 0 bridgehead atoms. The van der Waals surface area contributed by atoms with Crippen LogP contribution in [-0.4, -0.2) is 29.0 Å². The molecule has 1 heterocycles. The number of nitrogens with two attached hydrogens (primary N) is 1. The van der Waals surface area contributed by atoms with E-state index in [0.717, 1.165) is 6.42 Å². The summed E-state index contributed by atoms with van der Waals surface area (Å²) in [6.45, 7) is 6.96. The quantitative estimate of drug-likeness (QED) is 0.897. The van der Waals surface area contributed by atoms with Gasteiger partial charge in [-0.2, -0.15) is 0 Å². The number of aromatic nitrogens is 1. The Morgan fingerprint density at radius 3 is 2.38 bits per heavy atom. The molecule has 0 aromatic carbocycles. The molecule has 0 amide bonds. The van der Waals surface area contributed by atoms with Gasteiger partial charge in [-0.25, -0.2) is 0 Å². The summed E-state index contributed by atoms with van der Waals surface area (Å²) in [6, 6.07) is 5.35. The minimum absolute atomic E-state index is 0.173. The van der Waals surface area contributed by atoms with Crippen LogP contribution in [0.1, 0.15) is 64.5 Å². The number of likely N-dealkylation sites (N-methyl/N-ethyl adjacent to an activating group) is 1. The molecule has 3 heteroatoms. The fourth-order valence-corrected chi connectivity index (χ4v) is 3.59. The fourth-order valence-electron chi connectivity index (χ4n) is 3.59. The summed E-state index contributed by atoms with van der Waals surface area (Å²) in [7, 11) is 2.25. The van der Waals surface area contributed by atoms with Crippen LogP contribution in [0.25, 0.3) is 0 Å². The van der Waals surface area contributed by atoms with Crippen molar-refractivity contribution in [3.8, 4) is 0 Å². The summed E-state index contributed by atoms with van der Waals surface area (Å²) in [5.41, 5.74) is 8.26. The first-order valence-electron chi connectivity index (χ1n) is 8.32. The summed E-state index contributed by atoms with van der Waals surface area (Å²) < 4.78 is 0. The molecule has 1 aromatic heterocycles. The molecule has 3 nitrogen and oxygen atoms in total. The van der Waals surface area contributed by atoms with E-state index in [-0.39, 0.29) is 6.04 Å². The average molecular weight is 289 g/mol. The molecule has 21 heavy (non-hydrogen) atoms. The van der Waals surface area contributed by atoms with Crippen molar-refractivity contribution in [1.82, 2.24) is 9.88 Å². The highest BCUT2D eigenvalue weighted by Gasteiger charge is 2.33. The lowest BCUT2D eigenvalue weighted by Crippen LogP contribution is -2.45. The summed E-state index contributed by atoms with van der Waals surface area (Å²) >= 11 is 0. The maximum atomic E-state index is 6.45. The molecule has 2 rings (SSSR count). The molecule has 0 radical (unpaired) electrons. The predicted molar refractivity (Wildman–Crippen MR) is 89.0 cm³/mol. The largest absolute Gasteiger partial charge is 0.326 e. The van der Waals surface area contributed by atoms with E-state index in [1.54, 1.807) is 0 Å². The Bertz CT molecular complexity index is 419. The zero-order valence-electron chi connectivity index (χ0n) is 14.0. The molecule has 2 unspecified atom stereocenters. The highest BCUT2D eigenvalue weighted by molar-refractivity contribution is 5.17. The maximum Gasteiger partial charge on any atom is 0.0500 e. The molecule has 1 aromatic rings. The second-order valence-electron chi connectivity index (χ2n) is 7.36. The van der Waals surface area contributed by atoms with Crippen LogP contribution in [0.4, 0.5) is 0 Å². The predicted octanol–water partition coefficient (Wildman–Crippen LogP) is 3.76. The normalized spacial score (nSPS) is 22.2. The summed E-state index contributed by atoms with van der Waals surface area (Å²) in [6.07, 6.45) is 9.93. The van der Waals surface area contributed by atoms with E-state index in [0.29, 0.717) is 17.5 Å². The van der Waals surface area contributed by atoms with E-state index < -0.39 is 0 Å². The Labute approximate surface area is 129 Å². The van der Waals surface area contributed by atoms with Gasteiger partial charge in [0.1, 0.15) is 0 Å². The first kappa shape index (κ1) is 16.4. The van der Waals surface area contributed by atoms with Gasteiger partial charge in [-0.05, 0) is 62.3 Å². The molecule has 1 saturated carbocycles. The Hall–Kier alpha value is -0.930. The van der Waals surface area contributed by atoms with Crippen molar-refractivity contribution in [3.63, 3.8) is 0 Å². The van der Waals surface area contributed by atoms with E-state index in [1.807, 2.05) is 12.4 Å². The van der Waals surface area contributed by atoms with Crippen LogP contribution < -0.4 is 5.73 Å². The van der Waals surface area contributed by atoms with E-state index in [2.05, 4.69) is 49.8 Å². The number of hydrogen-bond donors (Lipinski definition) is 1. The number of hydrogen-bond acceptors (Lipinski definition) is 3. The van der Waals surface area contributed by atoms with Gasteiger partial charge in [0.2, 0.25) is 0 Å². The van der Waals surface area contributed by atoms with Gasteiger partial charge in [-0.1, -0.05) is 20.8 Å². The van der Waals surface area contributed by atoms with Crippen LogP contribution in [0.5, 0.6) is 0 Å². The van der Waals surface area contributed by atoms with Gasteiger partial charge in [-0.15, -0.1) is 0 Å². The van der Waals surface area contributed by atoms with E-state index in [4.69, 9.17) is 5.73 Å². The van der Waals surface area contributed by atoms with Crippen molar-refractivity contribution >= 4 is 0 Å². The number of nitrogens with zero attached hydrogens (tertiary/aromatic N) is 2. The first-order chi connectivity index (χ1) is 9.94. The van der Waals surface area contributed by atoms with Gasteiger partial charge in [0, 0.05) is 30.5 Å². The van der Waals surface area contributed by atoms with E-state index >= 15 is 0 Å². The van der Waals surface area contributed by atoms with Crippen LogP contribution in [-0.2, 0) is 0 Å². The zero-order chi connectivity index (χ0) is 15.5. The molecule has 0 saturated heterocycles. The molecule has 0 spiro atoms. The van der Waals surface area contributed by atoms with Crippen molar-refractivity contribution < 1.29 is 0 Å². The van der Waals surface area contributed by atoms with Gasteiger partial charge in [0.05, 0.1) is 0 Å². The molecule has 1 aliphatic carbocycles. The molecule has 118 valence electrons. The minimum atomic E-state index is 0.173. The lowest BCUT2D eigenvalue weighted by Gasteiger charge is -2.43. The topological polar surface area (TPSA) is 42.1 Å². The molecular formula is C18H31N3. The van der Waals surface area contributed by atoms with Gasteiger partial charge in [0.25, 0.3) is 0 Å². The second kappa shape index (κ2) is 6.89. The van der Waals surface area contributed by atoms with Crippen molar-refractivity contribution in [2.24, 2.45) is 11.1 Å². The number of pyridine rings is 1. The average Bonchev–Trinajstić information content (AvgIpc) is 2.48. The SMILES string of the molecule is CCC(N)C(c1ccncc1)N(C)C1CCC(C)(C)CC1. The molecule has 1 aliphatic rings. The van der Waals surface area contributed by atoms with Crippen molar-refractivity contribution in [1.29, 1.82) is 0 Å². The van der Waals surface area contributed by atoms with Crippen molar-refractivity contribution in [3.05, 3.63) is 30.1 Å². The third kappa shape index (κ3) is 4.04. The Balaban J connectivity index is 2.14. The smallest absolute Gasteiger partial charge is 0.0500 e. The third-order valence-corrected chi connectivity index (χ3v) is 5.25. The van der Waals surface area contributed by atoms with Crippen LogP contribution >= 0.6 is 0 Å². The summed E-state index contributed by atoms with van der Waals surface area (Å²) in [4.78, 5) is 6.67. The van der Waals surface area contributed by atoms with Gasteiger partial charge in [0.15, 0.2) is 0 Å². The Kier molecular flexibility index (Phi) is 5.39. The van der Waals surface area contributed by atoms with Gasteiger partial charge >= 0.3 is 0 Å². The van der Waals surface area contributed by atoms with Gasteiger partial charge in [-0.3, -0.25) is 9.88 Å². The standard InChI is InChI=1S/C18H31N3/c1-5-16(19)17(14-8-12-20-13-9-14)21(4)15-6-10-18(2,3)11-7-15/h8-9,12-13,15-17H,5-7,10-11,19H2,1-4H3. The fraction of sp³-hybridized carbons (Fsp3) is 0.722. The van der Waals surface area contributed by atoms with Gasteiger partial charge < -0.3 is 5.73 Å². The summed E-state index contributed by atoms with van der Waals surface area (Å²) in [5, 5.41) is 0. The van der Waals surface area contributed by atoms with Crippen molar-refractivity contribution in [2.45, 2.75) is 71.0 Å². The molecule has 1 fully saturated rings. The Morgan fingerprint density at radius 2 is 1.86 bits per heavy atom. The monoisotopic (exact) mass is 289 g/mol. The molecule has 0 aliphatic heterocycles. The van der Waals surface area contributed by atoms with Crippen LogP contribution in [0.2, 0.25) is 0 Å². The Morgan fingerprint density at radius 1 is 1.29 bits per heavy atom. The van der Waals surface area contributed by atoms with E-state index in [9.17, 15) is 0 Å². The molecular weight excluding hydrogens is 258 g/mol. The minimum Gasteiger partial charge on any atom is -0.326 e. The molecule has 2 N–H and O–H groups in total. The lowest BCUT2D eigenvalue weighted by atomic mass is 9.75. The maximum absolute atomic E-state index is 6.45. The molecule has 2 atom stereocenters. The second-order valence-corrected chi connectivity index (χ2v) is 7.36.